The van der Waals surface area contributed by atoms with Crippen molar-refractivity contribution in [2.75, 3.05) is 6.61 Å². The van der Waals surface area contributed by atoms with Gasteiger partial charge in [0.25, 0.3) is 0 Å². The molecule has 3 nitrogen and oxygen atoms in total. The highest BCUT2D eigenvalue weighted by atomic mass is 79.9. The number of carbonyl (C=O) groups is 1. The Bertz CT molecular complexity index is 339. The molecule has 0 aliphatic carbocycles. The molecular weight excluding hydrogens is 246 g/mol. The summed E-state index contributed by atoms with van der Waals surface area (Å²) < 4.78 is 5.72. The number of halogens is 1. The third kappa shape index (κ3) is 2.54. The first-order chi connectivity index (χ1) is 6.69. The van der Waals surface area contributed by atoms with E-state index in [4.69, 9.17) is 4.74 Å². The fraction of sp³-hybridized carbons (Fsp3) is 0.400. The van der Waals surface area contributed by atoms with E-state index in [9.17, 15) is 4.79 Å². The molecule has 76 valence electrons. The van der Waals surface area contributed by atoms with Crippen LogP contribution in [0.1, 0.15) is 29.9 Å². The summed E-state index contributed by atoms with van der Waals surface area (Å²) in [6.45, 7) is 4.13. The smallest absolute Gasteiger partial charge is 0.340 e. The molecule has 0 N–H and O–H groups in total. The summed E-state index contributed by atoms with van der Waals surface area (Å²) >= 11 is 3.27. The Morgan fingerprint density at radius 3 is 2.86 bits per heavy atom. The molecule has 0 fully saturated rings. The van der Waals surface area contributed by atoms with Crippen LogP contribution in [0.3, 0.4) is 0 Å². The van der Waals surface area contributed by atoms with Gasteiger partial charge in [-0.3, -0.25) is 4.98 Å². The minimum Gasteiger partial charge on any atom is -0.462 e. The van der Waals surface area contributed by atoms with Crippen LogP contribution in [0.15, 0.2) is 16.7 Å². The van der Waals surface area contributed by atoms with E-state index in [0.717, 1.165) is 16.6 Å². The standard InChI is InChI=1S/C10H12BrNO2/c1-3-9-8(10(13)14-4-2)5-7(11)6-12-9/h5-6H,3-4H2,1-2H3. The number of ether oxygens (including phenoxy) is 1. The highest BCUT2D eigenvalue weighted by Crippen LogP contribution is 2.15. The van der Waals surface area contributed by atoms with Gasteiger partial charge in [0.05, 0.1) is 17.9 Å². The van der Waals surface area contributed by atoms with Gasteiger partial charge in [0, 0.05) is 10.7 Å². The van der Waals surface area contributed by atoms with Gasteiger partial charge >= 0.3 is 5.97 Å². The van der Waals surface area contributed by atoms with Crippen LogP contribution in [0.25, 0.3) is 0 Å². The summed E-state index contributed by atoms with van der Waals surface area (Å²) in [5.41, 5.74) is 1.32. The molecule has 0 aromatic carbocycles. The summed E-state index contributed by atoms with van der Waals surface area (Å²) in [4.78, 5) is 15.6. The molecule has 4 heteroatoms. The van der Waals surface area contributed by atoms with E-state index >= 15 is 0 Å². The third-order valence-corrected chi connectivity index (χ3v) is 2.20. The van der Waals surface area contributed by atoms with Gasteiger partial charge < -0.3 is 4.74 Å². The second-order valence-electron chi connectivity index (χ2n) is 2.72. The zero-order valence-corrected chi connectivity index (χ0v) is 9.80. The summed E-state index contributed by atoms with van der Waals surface area (Å²) in [6.07, 6.45) is 2.41. The number of aryl methyl sites for hydroxylation is 1. The number of hydrogen-bond acceptors (Lipinski definition) is 3. The van der Waals surface area contributed by atoms with Gasteiger partial charge in [-0.15, -0.1) is 0 Å². The Kier molecular flexibility index (Phi) is 4.07. The maximum absolute atomic E-state index is 11.5. The number of rotatable bonds is 3. The second-order valence-corrected chi connectivity index (χ2v) is 3.64. The summed E-state index contributed by atoms with van der Waals surface area (Å²) in [5.74, 6) is -0.307. The van der Waals surface area contributed by atoms with E-state index in [1.807, 2.05) is 6.92 Å². The van der Waals surface area contributed by atoms with Crippen molar-refractivity contribution in [1.82, 2.24) is 4.98 Å². The molecule has 1 aromatic rings. The maximum atomic E-state index is 11.5. The van der Waals surface area contributed by atoms with E-state index in [0.29, 0.717) is 12.2 Å². The second kappa shape index (κ2) is 5.10. The normalized spacial score (nSPS) is 9.93. The Balaban J connectivity index is 3.03. The topological polar surface area (TPSA) is 39.2 Å². The number of nitrogens with zero attached hydrogens (tertiary/aromatic N) is 1. The highest BCUT2D eigenvalue weighted by Gasteiger charge is 2.12. The molecule has 0 saturated carbocycles. The third-order valence-electron chi connectivity index (χ3n) is 1.77. The molecule has 1 rings (SSSR count). The van der Waals surface area contributed by atoms with Gasteiger partial charge in [-0.1, -0.05) is 6.92 Å². The van der Waals surface area contributed by atoms with E-state index in [2.05, 4.69) is 20.9 Å². The SMILES string of the molecule is CCOC(=O)c1cc(Br)cnc1CC. The molecular formula is C10H12BrNO2. The Labute approximate surface area is 91.6 Å². The Morgan fingerprint density at radius 1 is 1.57 bits per heavy atom. The number of esters is 1. The zero-order chi connectivity index (χ0) is 10.6. The molecule has 0 aliphatic rings. The zero-order valence-electron chi connectivity index (χ0n) is 8.21. The molecule has 0 spiro atoms. The monoisotopic (exact) mass is 257 g/mol. The lowest BCUT2D eigenvalue weighted by atomic mass is 10.1. The number of carbonyl (C=O) groups excluding carboxylic acids is 1. The molecule has 0 unspecified atom stereocenters. The minimum absolute atomic E-state index is 0.307. The molecule has 14 heavy (non-hydrogen) atoms. The van der Waals surface area contributed by atoms with Crippen molar-refractivity contribution in [3.63, 3.8) is 0 Å². The summed E-state index contributed by atoms with van der Waals surface area (Å²) in [7, 11) is 0. The predicted octanol–water partition coefficient (Wildman–Crippen LogP) is 2.58. The molecule has 0 aliphatic heterocycles. The fourth-order valence-electron chi connectivity index (χ4n) is 1.13. The molecule has 0 radical (unpaired) electrons. The van der Waals surface area contributed by atoms with E-state index in [1.54, 1.807) is 19.2 Å². The van der Waals surface area contributed by atoms with Crippen LogP contribution in [0.2, 0.25) is 0 Å². The number of pyridine rings is 1. The largest absolute Gasteiger partial charge is 0.462 e. The van der Waals surface area contributed by atoms with Gasteiger partial charge in [-0.2, -0.15) is 0 Å². The van der Waals surface area contributed by atoms with Crippen LogP contribution < -0.4 is 0 Å². The van der Waals surface area contributed by atoms with Crippen molar-refractivity contribution in [2.45, 2.75) is 20.3 Å². The van der Waals surface area contributed by atoms with E-state index in [1.165, 1.54) is 0 Å². The number of hydrogen-bond donors (Lipinski definition) is 0. The average Bonchev–Trinajstić information content (AvgIpc) is 2.18. The molecule has 1 heterocycles. The van der Waals surface area contributed by atoms with Crippen molar-refractivity contribution in [3.05, 3.63) is 28.0 Å². The van der Waals surface area contributed by atoms with Crippen LogP contribution in [-0.2, 0) is 11.2 Å². The van der Waals surface area contributed by atoms with Crippen LogP contribution in [0.5, 0.6) is 0 Å². The Hall–Kier alpha value is -0.900. The molecule has 0 amide bonds. The molecule has 1 aromatic heterocycles. The van der Waals surface area contributed by atoms with Crippen molar-refractivity contribution in [1.29, 1.82) is 0 Å². The highest BCUT2D eigenvalue weighted by molar-refractivity contribution is 9.10. The van der Waals surface area contributed by atoms with Crippen molar-refractivity contribution in [3.8, 4) is 0 Å². The minimum atomic E-state index is -0.307. The summed E-state index contributed by atoms with van der Waals surface area (Å²) in [6, 6.07) is 1.74. The predicted molar refractivity (Wildman–Crippen MR) is 57.3 cm³/mol. The lowest BCUT2D eigenvalue weighted by molar-refractivity contribution is 0.0524. The van der Waals surface area contributed by atoms with E-state index in [-0.39, 0.29) is 5.97 Å². The maximum Gasteiger partial charge on any atom is 0.340 e. The van der Waals surface area contributed by atoms with E-state index < -0.39 is 0 Å². The van der Waals surface area contributed by atoms with Crippen molar-refractivity contribution < 1.29 is 9.53 Å². The molecule has 0 atom stereocenters. The Morgan fingerprint density at radius 2 is 2.29 bits per heavy atom. The first kappa shape index (κ1) is 11.2. The first-order valence-electron chi connectivity index (χ1n) is 4.50. The lowest BCUT2D eigenvalue weighted by Crippen LogP contribution is -2.09. The van der Waals surface area contributed by atoms with Crippen LogP contribution in [0, 0.1) is 0 Å². The number of aromatic nitrogens is 1. The van der Waals surface area contributed by atoms with Gasteiger partial charge in [0.2, 0.25) is 0 Å². The van der Waals surface area contributed by atoms with Crippen molar-refractivity contribution in [2.24, 2.45) is 0 Å². The fourth-order valence-corrected chi connectivity index (χ4v) is 1.47. The summed E-state index contributed by atoms with van der Waals surface area (Å²) in [5, 5.41) is 0. The van der Waals surface area contributed by atoms with Gasteiger partial charge in [0.15, 0.2) is 0 Å². The van der Waals surface area contributed by atoms with Crippen molar-refractivity contribution >= 4 is 21.9 Å². The van der Waals surface area contributed by atoms with Gasteiger partial charge in [-0.25, -0.2) is 4.79 Å². The van der Waals surface area contributed by atoms with Gasteiger partial charge in [0.1, 0.15) is 0 Å². The quantitative estimate of drug-likeness (QED) is 0.782. The van der Waals surface area contributed by atoms with Gasteiger partial charge in [-0.05, 0) is 35.3 Å². The average molecular weight is 258 g/mol. The van der Waals surface area contributed by atoms with Crippen LogP contribution in [0.4, 0.5) is 0 Å². The first-order valence-corrected chi connectivity index (χ1v) is 5.29. The molecule has 0 saturated heterocycles. The van der Waals surface area contributed by atoms with Crippen LogP contribution >= 0.6 is 15.9 Å². The lowest BCUT2D eigenvalue weighted by Gasteiger charge is -2.06. The molecule has 0 bridgehead atoms. The van der Waals surface area contributed by atoms with Crippen LogP contribution in [-0.4, -0.2) is 17.6 Å².